The standard InChI is InChI=1S/C20H22N8O5S/c21-16(22)9-3-5-27(6-4-9)7-10-1-2-12-14(18(30)28(12)15(10)19(31)32)25-17(29)13(26-33)11-8-34-20(23)24-11/h3-5,8,12,14,33H,1-2,6-7H2,(H3,21,22)(H2,23,24)(H,25,29)(H,31,32)/b26-13-/t12?,14-/m0/s1. The molecule has 1 aromatic rings. The van der Waals surface area contributed by atoms with Crippen LogP contribution in [0.3, 0.4) is 0 Å². The third-order valence-electron chi connectivity index (χ3n) is 5.82. The molecule has 8 N–H and O–H groups in total. The van der Waals surface area contributed by atoms with E-state index >= 15 is 0 Å². The lowest BCUT2D eigenvalue weighted by atomic mass is 9.83. The molecule has 0 aliphatic carbocycles. The molecule has 0 radical (unpaired) electrons. The predicted octanol–water partition coefficient (Wildman–Crippen LogP) is -0.577. The van der Waals surface area contributed by atoms with Gasteiger partial charge in [-0.3, -0.25) is 19.9 Å². The van der Waals surface area contributed by atoms with E-state index in [2.05, 4.69) is 15.5 Å². The number of hydrogen-bond acceptors (Lipinski definition) is 10. The molecule has 1 fully saturated rings. The maximum Gasteiger partial charge on any atom is 0.352 e. The van der Waals surface area contributed by atoms with Gasteiger partial charge in [-0.05, 0) is 24.5 Å². The number of carbonyl (C=O) groups excluding carboxylic acids is 2. The zero-order valence-corrected chi connectivity index (χ0v) is 18.6. The van der Waals surface area contributed by atoms with Crippen LogP contribution in [0.15, 0.2) is 45.7 Å². The molecule has 4 heterocycles. The second-order valence-corrected chi connectivity index (χ2v) is 8.75. The van der Waals surface area contributed by atoms with E-state index in [-0.39, 0.29) is 28.1 Å². The van der Waals surface area contributed by atoms with E-state index in [0.29, 0.717) is 37.1 Å². The summed E-state index contributed by atoms with van der Waals surface area (Å²) in [5.74, 6) is -2.65. The Balaban J connectivity index is 1.47. The van der Waals surface area contributed by atoms with Crippen LogP contribution >= 0.6 is 11.3 Å². The summed E-state index contributed by atoms with van der Waals surface area (Å²) in [6, 6.07) is -1.49. The number of oxime groups is 1. The predicted molar refractivity (Wildman–Crippen MR) is 122 cm³/mol. The monoisotopic (exact) mass is 486 g/mol. The molecule has 1 aromatic heterocycles. The number of nitrogens with two attached hydrogens (primary N) is 2. The van der Waals surface area contributed by atoms with Crippen molar-refractivity contribution >= 4 is 45.8 Å². The van der Waals surface area contributed by atoms with Gasteiger partial charge in [0.05, 0.1) is 6.04 Å². The average molecular weight is 487 g/mol. The molecule has 3 aliphatic rings. The molecule has 0 aromatic carbocycles. The molecule has 2 amide bonds. The fraction of sp³-hybridized carbons (Fsp3) is 0.300. The van der Waals surface area contributed by atoms with Crippen molar-refractivity contribution in [2.75, 3.05) is 18.8 Å². The Hall–Kier alpha value is -4.20. The third kappa shape index (κ3) is 4.10. The van der Waals surface area contributed by atoms with Crippen molar-refractivity contribution in [2.24, 2.45) is 10.9 Å². The van der Waals surface area contributed by atoms with Crippen LogP contribution in [0.5, 0.6) is 0 Å². The van der Waals surface area contributed by atoms with Gasteiger partial charge in [-0.15, -0.1) is 11.3 Å². The van der Waals surface area contributed by atoms with E-state index in [9.17, 15) is 24.7 Å². The van der Waals surface area contributed by atoms with Crippen LogP contribution < -0.4 is 16.8 Å². The summed E-state index contributed by atoms with van der Waals surface area (Å²) < 4.78 is 0. The molecule has 3 aliphatic heterocycles. The maximum absolute atomic E-state index is 12.9. The van der Waals surface area contributed by atoms with Gasteiger partial charge in [-0.2, -0.15) is 0 Å². The molecule has 13 nitrogen and oxygen atoms in total. The lowest BCUT2D eigenvalue weighted by Crippen LogP contribution is -2.72. The summed E-state index contributed by atoms with van der Waals surface area (Å²) in [6.07, 6.45) is 6.04. The van der Waals surface area contributed by atoms with Crippen LogP contribution in [0.25, 0.3) is 0 Å². The minimum absolute atomic E-state index is 0.0474. The zero-order chi connectivity index (χ0) is 24.6. The molecule has 34 heavy (non-hydrogen) atoms. The molecule has 2 atom stereocenters. The minimum Gasteiger partial charge on any atom is -0.477 e. The lowest BCUT2D eigenvalue weighted by molar-refractivity contribution is -0.155. The summed E-state index contributed by atoms with van der Waals surface area (Å²) in [6.45, 7) is 0.738. The van der Waals surface area contributed by atoms with Crippen LogP contribution in [0, 0.1) is 5.41 Å². The number of β-lactam (4-membered cyclic amide) rings is 1. The largest absolute Gasteiger partial charge is 0.477 e. The molecule has 0 saturated carbocycles. The Kier molecular flexibility index (Phi) is 6.06. The fourth-order valence-corrected chi connectivity index (χ4v) is 4.75. The van der Waals surface area contributed by atoms with E-state index in [1.807, 2.05) is 4.90 Å². The Bertz CT molecular complexity index is 1200. The molecule has 1 unspecified atom stereocenters. The topological polar surface area (TPSA) is 211 Å². The first kappa shape index (κ1) is 23.0. The quantitative estimate of drug-likeness (QED) is 0.0955. The summed E-state index contributed by atoms with van der Waals surface area (Å²) >= 11 is 1.06. The number of carboxylic acids is 1. The minimum atomic E-state index is -1.23. The van der Waals surface area contributed by atoms with Crippen LogP contribution in [0.2, 0.25) is 0 Å². The summed E-state index contributed by atoms with van der Waals surface area (Å²) in [5, 5.41) is 33.7. The lowest BCUT2D eigenvalue weighted by Gasteiger charge is -2.50. The number of aromatic nitrogens is 1. The van der Waals surface area contributed by atoms with E-state index in [4.69, 9.17) is 16.9 Å². The van der Waals surface area contributed by atoms with Crippen LogP contribution in [-0.4, -0.2) is 79.6 Å². The molecule has 14 heteroatoms. The number of carboxylic acid groups (broad SMARTS) is 1. The first-order chi connectivity index (χ1) is 16.2. The number of hydrogen-bond donors (Lipinski definition) is 6. The number of amidine groups is 1. The van der Waals surface area contributed by atoms with E-state index in [1.165, 1.54) is 10.3 Å². The van der Waals surface area contributed by atoms with Crippen molar-refractivity contribution in [1.29, 1.82) is 5.41 Å². The van der Waals surface area contributed by atoms with Crippen molar-refractivity contribution in [3.63, 3.8) is 0 Å². The first-order valence-electron chi connectivity index (χ1n) is 10.2. The van der Waals surface area contributed by atoms with Crippen LogP contribution in [0.1, 0.15) is 18.5 Å². The number of nitrogen functional groups attached to an aromatic ring is 1. The SMILES string of the molecule is N=C(N)C1=CCN(CC2=C(C(=O)O)N3C(=O)[C@@H](NC(=O)/C(=N\O)c4csc(N)n4)C3CC2)C=C1. The Morgan fingerprint density at radius 3 is 2.74 bits per heavy atom. The molecule has 0 bridgehead atoms. The van der Waals surface area contributed by atoms with Gasteiger partial charge in [0.2, 0.25) is 0 Å². The van der Waals surface area contributed by atoms with Crippen molar-refractivity contribution in [1.82, 2.24) is 20.1 Å². The number of amides is 2. The second-order valence-electron chi connectivity index (χ2n) is 7.86. The van der Waals surface area contributed by atoms with Gasteiger partial charge in [-0.25, -0.2) is 9.78 Å². The highest BCUT2D eigenvalue weighted by Crippen LogP contribution is 2.37. The smallest absolute Gasteiger partial charge is 0.352 e. The second kappa shape index (κ2) is 8.97. The normalized spacial score (nSPS) is 22.2. The van der Waals surface area contributed by atoms with Gasteiger partial charge in [0, 0.05) is 30.2 Å². The van der Waals surface area contributed by atoms with Crippen molar-refractivity contribution in [2.45, 2.75) is 24.9 Å². The van der Waals surface area contributed by atoms with Crippen molar-refractivity contribution in [3.05, 3.63) is 46.3 Å². The highest BCUT2D eigenvalue weighted by molar-refractivity contribution is 7.13. The van der Waals surface area contributed by atoms with Gasteiger partial charge in [0.25, 0.3) is 11.8 Å². The number of anilines is 1. The van der Waals surface area contributed by atoms with Gasteiger partial charge >= 0.3 is 5.97 Å². The van der Waals surface area contributed by atoms with Crippen molar-refractivity contribution < 1.29 is 24.7 Å². The van der Waals surface area contributed by atoms with E-state index < -0.39 is 29.9 Å². The number of rotatable bonds is 7. The maximum atomic E-state index is 12.9. The summed E-state index contributed by atoms with van der Waals surface area (Å²) in [5.41, 5.74) is 11.8. The number of nitrogens with one attached hydrogen (secondary N) is 2. The average Bonchev–Trinajstić information content (AvgIpc) is 3.23. The van der Waals surface area contributed by atoms with Gasteiger partial charge in [0.1, 0.15) is 23.3 Å². The summed E-state index contributed by atoms with van der Waals surface area (Å²) in [7, 11) is 0. The van der Waals surface area contributed by atoms with Crippen molar-refractivity contribution in [3.8, 4) is 0 Å². The van der Waals surface area contributed by atoms with Crippen LogP contribution in [0.4, 0.5) is 5.13 Å². The van der Waals surface area contributed by atoms with Gasteiger partial charge < -0.3 is 32.0 Å². The molecule has 0 spiro atoms. The molecule has 4 rings (SSSR count). The highest BCUT2D eigenvalue weighted by Gasteiger charge is 2.53. The van der Waals surface area contributed by atoms with Crippen LogP contribution in [-0.2, 0) is 14.4 Å². The third-order valence-corrected chi connectivity index (χ3v) is 6.50. The number of aliphatic carboxylic acids is 1. The molecule has 1 saturated heterocycles. The summed E-state index contributed by atoms with van der Waals surface area (Å²) in [4.78, 5) is 44.5. The highest BCUT2D eigenvalue weighted by atomic mass is 32.1. The van der Waals surface area contributed by atoms with E-state index in [0.717, 1.165) is 11.3 Å². The number of nitrogens with zero attached hydrogens (tertiary/aromatic N) is 4. The molecule has 178 valence electrons. The number of carbonyl (C=O) groups is 3. The van der Waals surface area contributed by atoms with Gasteiger partial charge in [0.15, 0.2) is 10.8 Å². The Morgan fingerprint density at radius 1 is 1.41 bits per heavy atom. The first-order valence-corrected chi connectivity index (χ1v) is 11.1. The Morgan fingerprint density at radius 2 is 2.18 bits per heavy atom. The zero-order valence-electron chi connectivity index (χ0n) is 17.8. The molecular formula is C20H22N8O5S. The molecular weight excluding hydrogens is 464 g/mol. The number of thiazole rings is 1. The fourth-order valence-electron chi connectivity index (χ4n) is 4.20. The number of fused-ring (bicyclic) bond motifs is 1. The van der Waals surface area contributed by atoms with Gasteiger partial charge in [-0.1, -0.05) is 11.2 Å². The Labute approximate surface area is 197 Å². The van der Waals surface area contributed by atoms with E-state index in [1.54, 1.807) is 18.4 Å².